The summed E-state index contributed by atoms with van der Waals surface area (Å²) in [7, 11) is 0. The second kappa shape index (κ2) is 6.77. The molecule has 4 rings (SSSR count). The van der Waals surface area contributed by atoms with Crippen molar-refractivity contribution < 1.29 is 13.9 Å². The lowest BCUT2D eigenvalue weighted by atomic mass is 9.97. The summed E-state index contributed by atoms with van der Waals surface area (Å²) >= 11 is 0. The maximum Gasteiger partial charge on any atom is 0.258 e. The molecular formula is C21H20N2O3. The number of rotatable bonds is 3. The van der Waals surface area contributed by atoms with Gasteiger partial charge in [0.2, 0.25) is 5.89 Å². The number of nitrogens with zero attached hydrogens (tertiary/aromatic N) is 1. The van der Waals surface area contributed by atoms with Crippen LogP contribution in [0.1, 0.15) is 28.7 Å². The smallest absolute Gasteiger partial charge is 0.258 e. The lowest BCUT2D eigenvalue weighted by molar-refractivity contribution is -0.128. The quantitative estimate of drug-likeness (QED) is 0.770. The lowest BCUT2D eigenvalue weighted by Crippen LogP contribution is -2.28. The predicted octanol–water partition coefficient (Wildman–Crippen LogP) is 4.21. The number of fused-ring (bicyclic) bond motifs is 1. The summed E-state index contributed by atoms with van der Waals surface area (Å²) in [5, 5.41) is 2.93. The van der Waals surface area contributed by atoms with Crippen molar-refractivity contribution >= 4 is 11.6 Å². The van der Waals surface area contributed by atoms with Gasteiger partial charge in [0.05, 0.1) is 12.3 Å². The Morgan fingerprint density at radius 1 is 1.12 bits per heavy atom. The molecule has 5 nitrogen and oxygen atoms in total. The summed E-state index contributed by atoms with van der Waals surface area (Å²) in [4.78, 5) is 17.1. The highest BCUT2D eigenvalue weighted by Gasteiger charge is 2.27. The normalized spacial score (nSPS) is 16.2. The number of hydrogen-bond donors (Lipinski definition) is 1. The number of amides is 1. The summed E-state index contributed by atoms with van der Waals surface area (Å²) in [5.41, 5.74) is 4.58. The lowest BCUT2D eigenvalue weighted by Gasteiger charge is -2.25. The first-order valence-electron chi connectivity index (χ1n) is 8.66. The molecule has 0 radical (unpaired) electrons. The Kier molecular flexibility index (Phi) is 4.31. The van der Waals surface area contributed by atoms with Crippen LogP contribution in [0.5, 0.6) is 0 Å². The molecule has 2 heterocycles. The van der Waals surface area contributed by atoms with Gasteiger partial charge in [-0.2, -0.15) is 0 Å². The summed E-state index contributed by atoms with van der Waals surface area (Å²) in [6, 6.07) is 15.4. The highest BCUT2D eigenvalue weighted by Crippen LogP contribution is 2.29. The second-order valence-electron chi connectivity index (χ2n) is 6.43. The number of oxazole rings is 1. The predicted molar refractivity (Wildman–Crippen MR) is 98.9 cm³/mol. The fraction of sp³-hybridized carbons (Fsp3) is 0.238. The molecule has 1 aromatic heterocycles. The molecule has 2 aromatic carbocycles. The van der Waals surface area contributed by atoms with Gasteiger partial charge < -0.3 is 14.5 Å². The minimum absolute atomic E-state index is 0.160. The van der Waals surface area contributed by atoms with Crippen LogP contribution >= 0.6 is 0 Å². The number of carbonyl (C=O) groups is 1. The third-order valence-corrected chi connectivity index (χ3v) is 4.66. The van der Waals surface area contributed by atoms with Crippen LogP contribution in [-0.4, -0.2) is 17.5 Å². The number of benzene rings is 2. The van der Waals surface area contributed by atoms with Crippen LogP contribution in [0, 0.1) is 13.8 Å². The molecule has 1 amide bonds. The standard InChI is InChI=1S/C21H20N2O3/c1-13-14(2)26-21(22-13)16-7-9-17(10-8-16)23-20(24)19-18-6-4-3-5-15(18)11-12-25-19/h3-10,19H,11-12H2,1-2H3,(H,23,24). The van der Waals surface area contributed by atoms with E-state index >= 15 is 0 Å². The van der Waals surface area contributed by atoms with Gasteiger partial charge in [0.15, 0.2) is 6.10 Å². The Morgan fingerprint density at radius 3 is 2.62 bits per heavy atom. The molecule has 1 aliphatic rings. The van der Waals surface area contributed by atoms with E-state index < -0.39 is 6.10 Å². The first-order valence-corrected chi connectivity index (χ1v) is 8.66. The Balaban J connectivity index is 1.50. The van der Waals surface area contributed by atoms with Crippen molar-refractivity contribution in [2.45, 2.75) is 26.4 Å². The Morgan fingerprint density at radius 2 is 1.88 bits per heavy atom. The summed E-state index contributed by atoms with van der Waals surface area (Å²) in [6.07, 6.45) is 0.264. The number of hydrogen-bond acceptors (Lipinski definition) is 4. The van der Waals surface area contributed by atoms with E-state index in [0.717, 1.165) is 29.0 Å². The Hall–Kier alpha value is -2.92. The average molecular weight is 348 g/mol. The maximum atomic E-state index is 12.7. The van der Waals surface area contributed by atoms with Crippen LogP contribution in [0.4, 0.5) is 5.69 Å². The molecule has 132 valence electrons. The van der Waals surface area contributed by atoms with Gasteiger partial charge in [-0.15, -0.1) is 0 Å². The van der Waals surface area contributed by atoms with Crippen LogP contribution in [-0.2, 0) is 16.0 Å². The van der Waals surface area contributed by atoms with Gasteiger partial charge in [-0.1, -0.05) is 24.3 Å². The van der Waals surface area contributed by atoms with E-state index in [-0.39, 0.29) is 5.91 Å². The number of carbonyl (C=O) groups excluding carboxylic acids is 1. The Bertz CT molecular complexity index is 925. The van der Waals surface area contributed by atoms with Gasteiger partial charge in [-0.25, -0.2) is 4.98 Å². The molecule has 5 heteroatoms. The third kappa shape index (κ3) is 3.13. The van der Waals surface area contributed by atoms with Gasteiger partial charge in [0, 0.05) is 11.3 Å². The molecule has 3 aromatic rings. The SMILES string of the molecule is Cc1nc(-c2ccc(NC(=O)C3OCCc4ccccc43)cc2)oc1C. The third-order valence-electron chi connectivity index (χ3n) is 4.66. The van der Waals surface area contributed by atoms with Crippen LogP contribution in [0.3, 0.4) is 0 Å². The highest BCUT2D eigenvalue weighted by atomic mass is 16.5. The minimum atomic E-state index is -0.573. The molecule has 0 bridgehead atoms. The zero-order valence-electron chi connectivity index (χ0n) is 14.8. The van der Waals surface area contributed by atoms with Crippen molar-refractivity contribution in [2.24, 2.45) is 0 Å². The molecule has 1 N–H and O–H groups in total. The minimum Gasteiger partial charge on any atom is -0.441 e. The monoisotopic (exact) mass is 348 g/mol. The number of aromatic nitrogens is 1. The van der Waals surface area contributed by atoms with E-state index in [1.54, 1.807) is 0 Å². The average Bonchev–Trinajstić information content (AvgIpc) is 3.00. The van der Waals surface area contributed by atoms with Gasteiger partial charge in [-0.05, 0) is 55.7 Å². The van der Waals surface area contributed by atoms with E-state index in [4.69, 9.17) is 9.15 Å². The fourth-order valence-corrected chi connectivity index (χ4v) is 3.11. The molecule has 0 aliphatic carbocycles. The zero-order valence-corrected chi connectivity index (χ0v) is 14.8. The van der Waals surface area contributed by atoms with Crippen LogP contribution in [0.25, 0.3) is 11.5 Å². The van der Waals surface area contributed by atoms with Crippen LogP contribution in [0.2, 0.25) is 0 Å². The van der Waals surface area contributed by atoms with Gasteiger partial charge in [0.1, 0.15) is 5.76 Å². The summed E-state index contributed by atoms with van der Waals surface area (Å²) in [5.74, 6) is 1.24. The molecule has 1 atom stereocenters. The molecule has 0 saturated carbocycles. The summed E-state index contributed by atoms with van der Waals surface area (Å²) in [6.45, 7) is 4.36. The van der Waals surface area contributed by atoms with Gasteiger partial charge in [-0.3, -0.25) is 4.79 Å². The molecule has 0 spiro atoms. The van der Waals surface area contributed by atoms with Crippen molar-refractivity contribution in [1.82, 2.24) is 4.98 Å². The number of ether oxygens (including phenoxy) is 1. The van der Waals surface area contributed by atoms with Crippen LogP contribution < -0.4 is 5.32 Å². The van der Waals surface area contributed by atoms with Crippen molar-refractivity contribution in [3.63, 3.8) is 0 Å². The van der Waals surface area contributed by atoms with Crippen molar-refractivity contribution in [3.05, 3.63) is 71.1 Å². The molecule has 26 heavy (non-hydrogen) atoms. The topological polar surface area (TPSA) is 64.4 Å². The number of nitrogens with one attached hydrogen (secondary N) is 1. The van der Waals surface area contributed by atoms with E-state index in [1.165, 1.54) is 5.56 Å². The molecule has 0 saturated heterocycles. The highest BCUT2D eigenvalue weighted by molar-refractivity contribution is 5.95. The van der Waals surface area contributed by atoms with Crippen molar-refractivity contribution in [1.29, 1.82) is 0 Å². The molecular weight excluding hydrogens is 328 g/mol. The van der Waals surface area contributed by atoms with Gasteiger partial charge >= 0.3 is 0 Å². The van der Waals surface area contributed by atoms with E-state index in [9.17, 15) is 4.79 Å². The van der Waals surface area contributed by atoms with Crippen LogP contribution in [0.15, 0.2) is 52.9 Å². The fourth-order valence-electron chi connectivity index (χ4n) is 3.11. The van der Waals surface area contributed by atoms with E-state index in [1.807, 2.05) is 62.4 Å². The second-order valence-corrected chi connectivity index (χ2v) is 6.43. The van der Waals surface area contributed by atoms with Crippen molar-refractivity contribution in [2.75, 3.05) is 11.9 Å². The molecule has 0 fully saturated rings. The summed E-state index contributed by atoms with van der Waals surface area (Å²) < 4.78 is 11.3. The molecule has 1 unspecified atom stereocenters. The largest absolute Gasteiger partial charge is 0.441 e. The van der Waals surface area contributed by atoms with Gasteiger partial charge in [0.25, 0.3) is 5.91 Å². The van der Waals surface area contributed by atoms with Crippen molar-refractivity contribution in [3.8, 4) is 11.5 Å². The first kappa shape index (κ1) is 16.5. The number of aryl methyl sites for hydroxylation is 2. The number of anilines is 1. The Labute approximate surface area is 152 Å². The molecule has 1 aliphatic heterocycles. The first-order chi connectivity index (χ1) is 12.6. The maximum absolute atomic E-state index is 12.7. The van der Waals surface area contributed by atoms with E-state index in [0.29, 0.717) is 18.2 Å². The van der Waals surface area contributed by atoms with E-state index in [2.05, 4.69) is 10.3 Å². The zero-order chi connectivity index (χ0) is 18.1.